The molecule has 1 saturated carbocycles. The first-order chi connectivity index (χ1) is 8.69. The Morgan fingerprint density at radius 3 is 2.83 bits per heavy atom. The van der Waals surface area contributed by atoms with Gasteiger partial charge in [-0.15, -0.1) is 0 Å². The summed E-state index contributed by atoms with van der Waals surface area (Å²) in [6.07, 6.45) is 4.43. The maximum atomic E-state index is 12.1. The molecule has 3 rings (SSSR count). The van der Waals surface area contributed by atoms with Crippen LogP contribution in [0.3, 0.4) is 0 Å². The van der Waals surface area contributed by atoms with Gasteiger partial charge < -0.3 is 5.32 Å². The smallest absolute Gasteiger partial charge is 0.317 e. The lowest BCUT2D eigenvalue weighted by molar-refractivity contribution is 0.185. The van der Waals surface area contributed by atoms with Crippen molar-refractivity contribution >= 4 is 11.7 Å². The molecule has 4 heteroatoms. The van der Waals surface area contributed by atoms with Gasteiger partial charge in [-0.05, 0) is 37.3 Å². The second-order valence-electron chi connectivity index (χ2n) is 5.50. The van der Waals surface area contributed by atoms with Crippen LogP contribution in [0.25, 0.3) is 0 Å². The first kappa shape index (κ1) is 11.5. The molecule has 0 radical (unpaired) electrons. The Hall–Kier alpha value is -1.55. The fourth-order valence-corrected chi connectivity index (χ4v) is 3.08. The second kappa shape index (κ2) is 4.28. The number of anilines is 1. The molecule has 1 aromatic carbocycles. The molecule has 2 unspecified atom stereocenters. The Balaban J connectivity index is 1.82. The van der Waals surface area contributed by atoms with Gasteiger partial charge in [0.2, 0.25) is 0 Å². The van der Waals surface area contributed by atoms with Crippen molar-refractivity contribution in [1.82, 2.24) is 10.7 Å². The summed E-state index contributed by atoms with van der Waals surface area (Å²) < 4.78 is 0. The average Bonchev–Trinajstić information content (AvgIpc) is 2.67. The summed E-state index contributed by atoms with van der Waals surface area (Å²) in [5.74, 6) is 0.655. The van der Waals surface area contributed by atoms with E-state index in [1.807, 2.05) is 30.3 Å². The molecule has 0 bridgehead atoms. The number of urea groups is 1. The quantitative estimate of drug-likeness (QED) is 0.799. The van der Waals surface area contributed by atoms with Gasteiger partial charge in [0.15, 0.2) is 0 Å². The van der Waals surface area contributed by atoms with E-state index in [2.05, 4.69) is 17.7 Å². The number of hydrogen-bond acceptors (Lipinski definition) is 2. The van der Waals surface area contributed by atoms with Crippen LogP contribution in [-0.4, -0.2) is 11.7 Å². The van der Waals surface area contributed by atoms with Gasteiger partial charge in [0.25, 0.3) is 0 Å². The van der Waals surface area contributed by atoms with Crippen molar-refractivity contribution in [1.29, 1.82) is 0 Å². The zero-order chi connectivity index (χ0) is 12.6. The van der Waals surface area contributed by atoms with Gasteiger partial charge in [-0.2, -0.15) is 0 Å². The van der Waals surface area contributed by atoms with E-state index >= 15 is 0 Å². The van der Waals surface area contributed by atoms with E-state index < -0.39 is 0 Å². The SMILES string of the molecule is CC1CCCC2(C1)NC(=O)N(c1ccccc1)N2. The van der Waals surface area contributed by atoms with Crippen LogP contribution in [-0.2, 0) is 0 Å². The van der Waals surface area contributed by atoms with E-state index in [-0.39, 0.29) is 11.7 Å². The summed E-state index contributed by atoms with van der Waals surface area (Å²) in [6, 6.07) is 9.68. The van der Waals surface area contributed by atoms with Gasteiger partial charge in [0.1, 0.15) is 5.66 Å². The highest BCUT2D eigenvalue weighted by Crippen LogP contribution is 2.34. The maximum absolute atomic E-state index is 12.1. The van der Waals surface area contributed by atoms with Crippen LogP contribution in [0, 0.1) is 5.92 Å². The summed E-state index contributed by atoms with van der Waals surface area (Å²) in [6.45, 7) is 2.25. The largest absolute Gasteiger partial charge is 0.338 e. The van der Waals surface area contributed by atoms with Crippen molar-refractivity contribution in [3.05, 3.63) is 30.3 Å². The summed E-state index contributed by atoms with van der Waals surface area (Å²) in [5, 5.41) is 4.76. The maximum Gasteiger partial charge on any atom is 0.338 e. The predicted molar refractivity (Wildman–Crippen MR) is 71.0 cm³/mol. The average molecular weight is 245 g/mol. The van der Waals surface area contributed by atoms with Gasteiger partial charge in [-0.1, -0.05) is 31.5 Å². The first-order valence-electron chi connectivity index (χ1n) is 6.64. The van der Waals surface area contributed by atoms with E-state index in [1.165, 1.54) is 6.42 Å². The van der Waals surface area contributed by atoms with Crippen molar-refractivity contribution in [2.24, 2.45) is 5.92 Å². The Labute approximate surface area is 107 Å². The number of nitrogens with one attached hydrogen (secondary N) is 2. The summed E-state index contributed by atoms with van der Waals surface area (Å²) >= 11 is 0. The fourth-order valence-electron chi connectivity index (χ4n) is 3.08. The Morgan fingerprint density at radius 2 is 2.11 bits per heavy atom. The number of carbonyl (C=O) groups is 1. The molecule has 0 aromatic heterocycles. The molecule has 1 aliphatic heterocycles. The zero-order valence-corrected chi connectivity index (χ0v) is 10.6. The number of rotatable bonds is 1. The molecule has 2 fully saturated rings. The Morgan fingerprint density at radius 1 is 1.33 bits per heavy atom. The summed E-state index contributed by atoms with van der Waals surface area (Å²) in [5.41, 5.74) is 4.04. The van der Waals surface area contributed by atoms with Crippen LogP contribution in [0.15, 0.2) is 30.3 Å². The topological polar surface area (TPSA) is 44.4 Å². The number of amides is 2. The molecule has 96 valence electrons. The van der Waals surface area contributed by atoms with Gasteiger partial charge in [0.05, 0.1) is 5.69 Å². The van der Waals surface area contributed by atoms with E-state index in [9.17, 15) is 4.79 Å². The minimum absolute atomic E-state index is 0.0460. The standard InChI is InChI=1S/C14H19N3O/c1-11-6-5-9-14(10-11)15-13(18)17(16-14)12-7-3-2-4-8-12/h2-4,7-8,11,16H,5-6,9-10H2,1H3,(H,15,18). The molecule has 1 spiro atoms. The molecule has 1 aromatic rings. The molecule has 2 aliphatic rings. The van der Waals surface area contributed by atoms with Crippen LogP contribution >= 0.6 is 0 Å². The van der Waals surface area contributed by atoms with E-state index in [4.69, 9.17) is 0 Å². The third kappa shape index (κ3) is 1.97. The normalized spacial score (nSPS) is 31.7. The van der Waals surface area contributed by atoms with Crippen molar-refractivity contribution in [2.75, 3.05) is 5.01 Å². The van der Waals surface area contributed by atoms with E-state index in [1.54, 1.807) is 5.01 Å². The predicted octanol–water partition coefficient (Wildman–Crippen LogP) is 2.63. The third-order valence-corrected chi connectivity index (χ3v) is 3.89. The lowest BCUT2D eigenvalue weighted by Gasteiger charge is -2.36. The molecule has 2 amide bonds. The molecule has 2 atom stereocenters. The second-order valence-corrected chi connectivity index (χ2v) is 5.50. The Bertz CT molecular complexity index is 448. The first-order valence-corrected chi connectivity index (χ1v) is 6.64. The molecule has 4 nitrogen and oxygen atoms in total. The lowest BCUT2D eigenvalue weighted by atomic mass is 9.83. The van der Waals surface area contributed by atoms with Crippen molar-refractivity contribution in [2.45, 2.75) is 38.3 Å². The van der Waals surface area contributed by atoms with Crippen LogP contribution in [0.4, 0.5) is 10.5 Å². The number of carbonyl (C=O) groups excluding carboxylic acids is 1. The number of hydrazine groups is 1. The van der Waals surface area contributed by atoms with Crippen LogP contribution in [0.1, 0.15) is 32.6 Å². The highest BCUT2D eigenvalue weighted by Gasteiger charge is 2.44. The zero-order valence-electron chi connectivity index (χ0n) is 10.6. The molecule has 1 aliphatic carbocycles. The van der Waals surface area contributed by atoms with Crippen LogP contribution in [0.5, 0.6) is 0 Å². The number of benzene rings is 1. The van der Waals surface area contributed by atoms with Crippen LogP contribution in [0.2, 0.25) is 0 Å². The molecule has 18 heavy (non-hydrogen) atoms. The molecule has 1 heterocycles. The van der Waals surface area contributed by atoms with E-state index in [0.29, 0.717) is 5.92 Å². The summed E-state index contributed by atoms with van der Waals surface area (Å²) in [4.78, 5) is 12.1. The highest BCUT2D eigenvalue weighted by molar-refractivity contribution is 5.93. The minimum Gasteiger partial charge on any atom is -0.317 e. The van der Waals surface area contributed by atoms with Gasteiger partial charge in [-0.3, -0.25) is 0 Å². The van der Waals surface area contributed by atoms with Crippen molar-refractivity contribution in [3.8, 4) is 0 Å². The van der Waals surface area contributed by atoms with Gasteiger partial charge >= 0.3 is 6.03 Å². The highest BCUT2D eigenvalue weighted by atomic mass is 16.2. The molecule has 1 saturated heterocycles. The third-order valence-electron chi connectivity index (χ3n) is 3.89. The summed E-state index contributed by atoms with van der Waals surface area (Å²) in [7, 11) is 0. The van der Waals surface area contributed by atoms with Crippen molar-refractivity contribution in [3.63, 3.8) is 0 Å². The Kier molecular flexibility index (Phi) is 2.74. The number of para-hydroxylation sites is 1. The number of hydrogen-bond donors (Lipinski definition) is 2. The molecular weight excluding hydrogens is 226 g/mol. The van der Waals surface area contributed by atoms with Crippen molar-refractivity contribution < 1.29 is 4.79 Å². The minimum atomic E-state index is -0.232. The molecular formula is C14H19N3O. The van der Waals surface area contributed by atoms with Gasteiger partial charge in [-0.25, -0.2) is 15.2 Å². The van der Waals surface area contributed by atoms with E-state index in [0.717, 1.165) is 24.9 Å². The fraction of sp³-hybridized carbons (Fsp3) is 0.500. The van der Waals surface area contributed by atoms with Crippen LogP contribution < -0.4 is 15.8 Å². The lowest BCUT2D eigenvalue weighted by Crippen LogP contribution is -2.53. The molecule has 2 N–H and O–H groups in total. The number of nitrogens with zero attached hydrogens (tertiary/aromatic N) is 1. The monoisotopic (exact) mass is 245 g/mol. The van der Waals surface area contributed by atoms with Gasteiger partial charge in [0, 0.05) is 0 Å².